The van der Waals surface area contributed by atoms with Crippen LogP contribution in [0.3, 0.4) is 0 Å². The third kappa shape index (κ3) is 5.49. The van der Waals surface area contributed by atoms with Crippen molar-refractivity contribution < 1.29 is 18.4 Å². The van der Waals surface area contributed by atoms with Crippen LogP contribution in [-0.4, -0.2) is 35.8 Å². The number of carbonyl (C=O) groups is 1. The number of rotatable bonds is 7. The number of anilines is 1. The number of amides is 1. The molecule has 0 fully saturated rings. The number of nitrogen functional groups attached to an aromatic ring is 1. The van der Waals surface area contributed by atoms with Crippen molar-refractivity contribution in [2.75, 3.05) is 25.2 Å². The molecular weight excluding hydrogens is 351 g/mol. The summed E-state index contributed by atoms with van der Waals surface area (Å²) < 4.78 is 23.5. The van der Waals surface area contributed by atoms with Crippen molar-refractivity contribution >= 4 is 30.8 Å². The first kappa shape index (κ1) is 21.0. The van der Waals surface area contributed by atoms with Crippen LogP contribution < -0.4 is 5.73 Å². The lowest BCUT2D eigenvalue weighted by molar-refractivity contribution is 0.0602. The summed E-state index contributed by atoms with van der Waals surface area (Å²) in [6, 6.07) is 4.69. The van der Waals surface area contributed by atoms with Crippen LogP contribution in [0.5, 0.6) is 0 Å². The summed E-state index contributed by atoms with van der Waals surface area (Å²) in [5, 5.41) is 0.402. The molecule has 0 spiro atoms. The third-order valence-electron chi connectivity index (χ3n) is 3.27. The first-order valence-corrected chi connectivity index (χ1v) is 9.89. The largest absolute Gasteiger partial charge is 0.398 e. The molecule has 24 heavy (non-hydrogen) atoms. The minimum absolute atomic E-state index is 0.164. The van der Waals surface area contributed by atoms with Gasteiger partial charge in [-0.2, -0.15) is 0 Å². The standard InChI is InChI=1S/C16H26ClN2O4P/c1-6-22-24(21,23-7-2)11-19(16(3,4)5)15(20)13-10-12(17)8-9-14(13)18/h8-10H,6-7,11,18H2,1-5H3. The van der Waals surface area contributed by atoms with Gasteiger partial charge < -0.3 is 19.7 Å². The van der Waals surface area contributed by atoms with Crippen LogP contribution in [0.2, 0.25) is 5.02 Å². The number of carbonyl (C=O) groups excluding carboxylic acids is 1. The molecule has 0 heterocycles. The molecule has 1 aromatic rings. The van der Waals surface area contributed by atoms with Gasteiger partial charge in [-0.05, 0) is 52.8 Å². The maximum Gasteiger partial charge on any atom is 0.349 e. The van der Waals surface area contributed by atoms with Gasteiger partial charge in [-0.1, -0.05) is 11.6 Å². The highest BCUT2D eigenvalue weighted by molar-refractivity contribution is 7.53. The van der Waals surface area contributed by atoms with Crippen LogP contribution in [0.25, 0.3) is 0 Å². The van der Waals surface area contributed by atoms with Crippen LogP contribution in [0, 0.1) is 0 Å². The summed E-state index contributed by atoms with van der Waals surface area (Å²) in [7, 11) is -3.44. The van der Waals surface area contributed by atoms with Crippen molar-refractivity contribution in [3.05, 3.63) is 28.8 Å². The third-order valence-corrected chi connectivity index (χ3v) is 5.43. The molecule has 0 atom stereocenters. The fourth-order valence-corrected chi connectivity index (χ4v) is 4.22. The van der Waals surface area contributed by atoms with Crippen LogP contribution in [0.1, 0.15) is 45.0 Å². The highest BCUT2D eigenvalue weighted by atomic mass is 35.5. The minimum Gasteiger partial charge on any atom is -0.398 e. The van der Waals surface area contributed by atoms with Gasteiger partial charge >= 0.3 is 7.60 Å². The molecule has 1 amide bonds. The molecule has 0 aliphatic carbocycles. The average Bonchev–Trinajstić information content (AvgIpc) is 2.46. The van der Waals surface area contributed by atoms with Crippen LogP contribution >= 0.6 is 19.2 Å². The first-order chi connectivity index (χ1) is 11.0. The van der Waals surface area contributed by atoms with E-state index in [1.165, 1.54) is 11.0 Å². The maximum atomic E-state index is 13.0. The molecule has 8 heteroatoms. The predicted molar refractivity (Wildman–Crippen MR) is 97.5 cm³/mol. The van der Waals surface area contributed by atoms with E-state index in [1.54, 1.807) is 26.0 Å². The molecular formula is C16H26ClN2O4P. The van der Waals surface area contributed by atoms with Gasteiger partial charge in [0.15, 0.2) is 0 Å². The summed E-state index contributed by atoms with van der Waals surface area (Å²) in [4.78, 5) is 14.5. The number of nitrogens with zero attached hydrogens (tertiary/aromatic N) is 1. The Hall–Kier alpha value is -1.07. The van der Waals surface area contributed by atoms with Gasteiger partial charge in [-0.15, -0.1) is 0 Å². The van der Waals surface area contributed by atoms with E-state index in [9.17, 15) is 9.36 Å². The van der Waals surface area contributed by atoms with E-state index in [-0.39, 0.29) is 31.0 Å². The zero-order valence-corrected chi connectivity index (χ0v) is 16.5. The van der Waals surface area contributed by atoms with Gasteiger partial charge in [-0.25, -0.2) is 0 Å². The molecule has 2 N–H and O–H groups in total. The quantitative estimate of drug-likeness (QED) is 0.563. The lowest BCUT2D eigenvalue weighted by Crippen LogP contribution is -2.46. The van der Waals surface area contributed by atoms with Gasteiger partial charge in [0.1, 0.15) is 6.29 Å². The zero-order valence-electron chi connectivity index (χ0n) is 14.8. The molecule has 0 radical (unpaired) electrons. The second-order valence-corrected chi connectivity index (χ2v) is 8.68. The predicted octanol–water partition coefficient (Wildman–Crippen LogP) is 4.39. The Kier molecular flexibility index (Phi) is 7.29. The van der Waals surface area contributed by atoms with E-state index < -0.39 is 13.1 Å². The lowest BCUT2D eigenvalue weighted by Gasteiger charge is -2.37. The molecule has 0 unspecified atom stereocenters. The van der Waals surface area contributed by atoms with Crippen molar-refractivity contribution in [1.82, 2.24) is 4.90 Å². The number of hydrogen-bond donors (Lipinski definition) is 1. The normalized spacial score (nSPS) is 12.2. The lowest BCUT2D eigenvalue weighted by atomic mass is 10.0. The van der Waals surface area contributed by atoms with Crippen LogP contribution in [-0.2, 0) is 13.6 Å². The summed E-state index contributed by atoms with van der Waals surface area (Å²) in [5.74, 6) is -0.373. The monoisotopic (exact) mass is 376 g/mol. The van der Waals surface area contributed by atoms with Gasteiger partial charge in [0.2, 0.25) is 0 Å². The Morgan fingerprint density at radius 2 is 1.79 bits per heavy atom. The minimum atomic E-state index is -3.44. The SMILES string of the molecule is CCOP(=O)(CN(C(=O)c1cc(Cl)ccc1N)C(C)(C)C)OCC. The van der Waals surface area contributed by atoms with E-state index >= 15 is 0 Å². The van der Waals surface area contributed by atoms with Crippen LogP contribution in [0.15, 0.2) is 18.2 Å². The fourth-order valence-electron chi connectivity index (χ4n) is 2.13. The number of nitrogens with two attached hydrogens (primary N) is 1. The number of hydrogen-bond acceptors (Lipinski definition) is 5. The Bertz CT molecular complexity index is 621. The smallest absolute Gasteiger partial charge is 0.349 e. The molecule has 0 aliphatic rings. The first-order valence-electron chi connectivity index (χ1n) is 7.79. The molecule has 0 aromatic heterocycles. The summed E-state index contributed by atoms with van der Waals surface area (Å²) in [6.45, 7) is 9.43. The Balaban J connectivity index is 3.25. The average molecular weight is 377 g/mol. The van der Waals surface area contributed by atoms with E-state index in [2.05, 4.69) is 0 Å². The van der Waals surface area contributed by atoms with Crippen molar-refractivity contribution in [3.63, 3.8) is 0 Å². The highest BCUT2D eigenvalue weighted by Gasteiger charge is 2.36. The molecule has 0 saturated heterocycles. The van der Waals surface area contributed by atoms with Crippen LogP contribution in [0.4, 0.5) is 5.69 Å². The van der Waals surface area contributed by atoms with Crippen molar-refractivity contribution in [3.8, 4) is 0 Å². The van der Waals surface area contributed by atoms with Crippen molar-refractivity contribution in [2.45, 2.75) is 40.2 Å². The Labute approximate surface area is 148 Å². The molecule has 0 aliphatic heterocycles. The maximum absolute atomic E-state index is 13.0. The van der Waals surface area contributed by atoms with Gasteiger partial charge in [0.25, 0.3) is 5.91 Å². The fraction of sp³-hybridized carbons (Fsp3) is 0.562. The molecule has 0 saturated carbocycles. The summed E-state index contributed by atoms with van der Waals surface area (Å²) in [6.07, 6.45) is -0.164. The van der Waals surface area contributed by atoms with E-state index in [4.69, 9.17) is 26.4 Å². The molecule has 1 aromatic carbocycles. The molecule has 1 rings (SSSR count). The molecule has 136 valence electrons. The topological polar surface area (TPSA) is 81.9 Å². The number of halogens is 1. The van der Waals surface area contributed by atoms with Crippen molar-refractivity contribution in [2.24, 2.45) is 0 Å². The zero-order chi connectivity index (χ0) is 18.5. The van der Waals surface area contributed by atoms with Gasteiger partial charge in [0.05, 0.1) is 18.8 Å². The molecule has 0 bridgehead atoms. The molecule has 6 nitrogen and oxygen atoms in total. The van der Waals surface area contributed by atoms with E-state index in [0.29, 0.717) is 10.7 Å². The van der Waals surface area contributed by atoms with E-state index in [0.717, 1.165) is 0 Å². The highest BCUT2D eigenvalue weighted by Crippen LogP contribution is 2.49. The van der Waals surface area contributed by atoms with E-state index in [1.807, 2.05) is 20.8 Å². The number of benzene rings is 1. The van der Waals surface area contributed by atoms with Gasteiger partial charge in [-0.3, -0.25) is 9.36 Å². The Morgan fingerprint density at radius 3 is 2.25 bits per heavy atom. The Morgan fingerprint density at radius 1 is 1.25 bits per heavy atom. The van der Waals surface area contributed by atoms with Gasteiger partial charge in [0, 0.05) is 16.2 Å². The summed E-state index contributed by atoms with van der Waals surface area (Å²) in [5.41, 5.74) is 5.87. The van der Waals surface area contributed by atoms with Crippen molar-refractivity contribution in [1.29, 1.82) is 0 Å². The summed E-state index contributed by atoms with van der Waals surface area (Å²) >= 11 is 5.98. The second-order valence-electron chi connectivity index (χ2n) is 6.22. The second kappa shape index (κ2) is 8.34.